The summed E-state index contributed by atoms with van der Waals surface area (Å²) in [6, 6.07) is 7.40. The zero-order valence-electron chi connectivity index (χ0n) is 11.0. The number of nitrogens with zero attached hydrogens (tertiary/aromatic N) is 3. The molecule has 1 aliphatic heterocycles. The average Bonchev–Trinajstić information content (AvgIpc) is 2.42. The lowest BCUT2D eigenvalue weighted by Gasteiger charge is -2.27. The smallest absolute Gasteiger partial charge is 0.240 e. The van der Waals surface area contributed by atoms with E-state index in [-0.39, 0.29) is 18.2 Å². The highest BCUT2D eigenvalue weighted by Gasteiger charge is 2.22. The van der Waals surface area contributed by atoms with Crippen molar-refractivity contribution in [2.45, 2.75) is 19.3 Å². The summed E-state index contributed by atoms with van der Waals surface area (Å²) in [5.74, 6) is -0.128. The first kappa shape index (κ1) is 13.1. The van der Waals surface area contributed by atoms with Crippen LogP contribution in [0.15, 0.2) is 18.2 Å². The molecule has 0 saturated heterocycles. The molecule has 1 aromatic carbocycles. The minimum absolute atomic E-state index is 0.106. The first-order chi connectivity index (χ1) is 9.04. The van der Waals surface area contributed by atoms with Crippen LogP contribution in [0.2, 0.25) is 0 Å². The van der Waals surface area contributed by atoms with Crippen molar-refractivity contribution in [1.82, 2.24) is 0 Å². The van der Waals surface area contributed by atoms with Crippen LogP contribution in [0.25, 0.3) is 0 Å². The highest BCUT2D eigenvalue weighted by Crippen LogP contribution is 2.30. The van der Waals surface area contributed by atoms with E-state index < -0.39 is 0 Å². The van der Waals surface area contributed by atoms with E-state index in [1.165, 1.54) is 4.90 Å². The molecule has 0 aromatic heterocycles. The Kier molecular flexibility index (Phi) is 3.52. The summed E-state index contributed by atoms with van der Waals surface area (Å²) in [6.45, 7) is 0. The monoisotopic (exact) mass is 257 g/mol. The Morgan fingerprint density at radius 2 is 2.21 bits per heavy atom. The minimum Gasteiger partial charge on any atom is -0.315 e. The number of amides is 2. The molecule has 0 spiro atoms. The summed E-state index contributed by atoms with van der Waals surface area (Å²) in [5.41, 5.74) is 2.69. The predicted molar refractivity (Wildman–Crippen MR) is 71.8 cm³/mol. The number of hydrogen-bond acceptors (Lipinski definition) is 3. The average molecular weight is 257 g/mol. The van der Waals surface area contributed by atoms with E-state index in [1.807, 2.05) is 18.2 Å². The Morgan fingerprint density at radius 1 is 1.47 bits per heavy atom. The van der Waals surface area contributed by atoms with Crippen molar-refractivity contribution in [2.75, 3.05) is 23.9 Å². The Labute approximate surface area is 112 Å². The predicted octanol–water partition coefficient (Wildman–Crippen LogP) is 1.47. The second-order valence-corrected chi connectivity index (χ2v) is 4.55. The molecule has 0 radical (unpaired) electrons. The van der Waals surface area contributed by atoms with Crippen LogP contribution in [0.3, 0.4) is 0 Å². The summed E-state index contributed by atoms with van der Waals surface area (Å²) in [6.07, 6.45) is 1.04. The largest absolute Gasteiger partial charge is 0.315 e. The molecule has 2 rings (SSSR count). The van der Waals surface area contributed by atoms with Crippen LogP contribution in [0.5, 0.6) is 0 Å². The van der Waals surface area contributed by atoms with Crippen LogP contribution in [0.1, 0.15) is 18.4 Å². The van der Waals surface area contributed by atoms with Gasteiger partial charge in [0.25, 0.3) is 0 Å². The topological polar surface area (TPSA) is 64.4 Å². The number of carbonyl (C=O) groups excluding carboxylic acids is 2. The number of anilines is 2. The molecular weight excluding hydrogens is 242 g/mol. The van der Waals surface area contributed by atoms with Gasteiger partial charge in [0.2, 0.25) is 11.8 Å². The number of carbonyl (C=O) groups is 2. The molecule has 0 unspecified atom stereocenters. The second kappa shape index (κ2) is 5.11. The summed E-state index contributed by atoms with van der Waals surface area (Å²) in [4.78, 5) is 26.4. The highest BCUT2D eigenvalue weighted by atomic mass is 16.2. The molecule has 5 heteroatoms. The van der Waals surface area contributed by atoms with Crippen molar-refractivity contribution in [1.29, 1.82) is 5.26 Å². The van der Waals surface area contributed by atoms with Crippen LogP contribution in [0, 0.1) is 11.3 Å². The number of hydrogen-bond donors (Lipinski definition) is 0. The number of rotatable bonds is 2. The molecule has 0 aliphatic carbocycles. The maximum absolute atomic E-state index is 11.7. The van der Waals surface area contributed by atoms with E-state index >= 15 is 0 Å². The maximum atomic E-state index is 11.7. The zero-order valence-corrected chi connectivity index (χ0v) is 11.0. The first-order valence-electron chi connectivity index (χ1n) is 6.07. The lowest BCUT2D eigenvalue weighted by molar-refractivity contribution is -0.119. The maximum Gasteiger partial charge on any atom is 0.240 e. The Bertz CT molecular complexity index is 575. The third-order valence-electron chi connectivity index (χ3n) is 3.40. The fraction of sp³-hybridized carbons (Fsp3) is 0.357. The van der Waals surface area contributed by atoms with Gasteiger partial charge in [-0.2, -0.15) is 5.26 Å². The summed E-state index contributed by atoms with van der Waals surface area (Å²) in [5, 5.41) is 8.55. The summed E-state index contributed by atoms with van der Waals surface area (Å²) in [7, 11) is 3.41. The Morgan fingerprint density at radius 3 is 2.89 bits per heavy atom. The molecule has 98 valence electrons. The van der Waals surface area contributed by atoms with Crippen molar-refractivity contribution in [3.05, 3.63) is 23.8 Å². The second-order valence-electron chi connectivity index (χ2n) is 4.55. The van der Waals surface area contributed by atoms with Crippen LogP contribution < -0.4 is 9.80 Å². The van der Waals surface area contributed by atoms with Crippen molar-refractivity contribution in [3.63, 3.8) is 0 Å². The molecule has 0 N–H and O–H groups in total. The van der Waals surface area contributed by atoms with Crippen LogP contribution in [-0.2, 0) is 16.0 Å². The minimum atomic E-state index is -0.234. The molecule has 1 aromatic rings. The van der Waals surface area contributed by atoms with Gasteiger partial charge in [0.05, 0.1) is 6.07 Å². The van der Waals surface area contributed by atoms with Crippen molar-refractivity contribution < 1.29 is 9.59 Å². The van der Waals surface area contributed by atoms with Gasteiger partial charge in [-0.15, -0.1) is 0 Å². The van der Waals surface area contributed by atoms with Crippen molar-refractivity contribution >= 4 is 23.2 Å². The van der Waals surface area contributed by atoms with Gasteiger partial charge in [0.15, 0.2) is 0 Å². The van der Waals surface area contributed by atoms with Crippen molar-refractivity contribution in [3.8, 4) is 6.07 Å². The number of nitriles is 1. The molecular formula is C14H15N3O2. The highest BCUT2D eigenvalue weighted by molar-refractivity contribution is 5.98. The summed E-state index contributed by atoms with van der Waals surface area (Å²) >= 11 is 0. The Hall–Kier alpha value is -2.35. The molecule has 0 saturated carbocycles. The van der Waals surface area contributed by atoms with Crippen LogP contribution in [-0.4, -0.2) is 25.9 Å². The van der Waals surface area contributed by atoms with Crippen LogP contribution in [0.4, 0.5) is 11.4 Å². The standard InChI is InChI=1S/C14H15N3O2/c1-16(14(19)7-8-15)11-4-5-12-10(9-11)3-6-13(18)17(12)2/h4-5,9H,3,6-7H2,1-2H3. The van der Waals surface area contributed by atoms with E-state index in [1.54, 1.807) is 25.1 Å². The van der Waals surface area contributed by atoms with Gasteiger partial charge in [-0.25, -0.2) is 0 Å². The van der Waals surface area contributed by atoms with E-state index in [9.17, 15) is 9.59 Å². The fourth-order valence-electron chi connectivity index (χ4n) is 2.18. The molecule has 1 aliphatic rings. The quantitative estimate of drug-likeness (QED) is 0.806. The number of fused-ring (bicyclic) bond motifs is 1. The molecule has 2 amide bonds. The number of aryl methyl sites for hydroxylation is 1. The molecule has 1 heterocycles. The van der Waals surface area contributed by atoms with Gasteiger partial charge in [-0.3, -0.25) is 9.59 Å². The zero-order chi connectivity index (χ0) is 14.0. The molecule has 5 nitrogen and oxygen atoms in total. The van der Waals surface area contributed by atoms with Crippen LogP contribution >= 0.6 is 0 Å². The lowest BCUT2D eigenvalue weighted by Crippen LogP contribution is -2.31. The van der Waals surface area contributed by atoms with Gasteiger partial charge in [0.1, 0.15) is 6.42 Å². The fourth-order valence-corrected chi connectivity index (χ4v) is 2.18. The van der Waals surface area contributed by atoms with E-state index in [4.69, 9.17) is 5.26 Å². The molecule has 19 heavy (non-hydrogen) atoms. The third kappa shape index (κ3) is 2.43. The van der Waals surface area contributed by atoms with Gasteiger partial charge in [-0.05, 0) is 30.2 Å². The lowest BCUT2D eigenvalue weighted by atomic mass is 10.0. The van der Waals surface area contributed by atoms with Gasteiger partial charge in [0, 0.05) is 31.9 Å². The Balaban J connectivity index is 2.30. The normalized spacial score (nSPS) is 13.7. The van der Waals surface area contributed by atoms with E-state index in [0.29, 0.717) is 12.8 Å². The third-order valence-corrected chi connectivity index (χ3v) is 3.40. The number of benzene rings is 1. The van der Waals surface area contributed by atoms with E-state index in [0.717, 1.165) is 16.9 Å². The van der Waals surface area contributed by atoms with Gasteiger partial charge < -0.3 is 9.80 Å². The van der Waals surface area contributed by atoms with Crippen molar-refractivity contribution in [2.24, 2.45) is 0 Å². The van der Waals surface area contributed by atoms with Gasteiger partial charge >= 0.3 is 0 Å². The van der Waals surface area contributed by atoms with E-state index in [2.05, 4.69) is 0 Å². The SMILES string of the molecule is CN(C(=O)CC#N)c1ccc2c(c1)CCC(=O)N2C. The van der Waals surface area contributed by atoms with Gasteiger partial charge in [-0.1, -0.05) is 0 Å². The molecule has 0 atom stereocenters. The first-order valence-corrected chi connectivity index (χ1v) is 6.07. The molecule has 0 fully saturated rings. The molecule has 0 bridgehead atoms. The summed E-state index contributed by atoms with van der Waals surface area (Å²) < 4.78 is 0.